The number of esters is 1. The third-order valence-corrected chi connectivity index (χ3v) is 3.79. The second-order valence-electron chi connectivity index (χ2n) is 6.65. The number of ether oxygens (including phenoxy) is 1. The summed E-state index contributed by atoms with van der Waals surface area (Å²) >= 11 is 5.63. The van der Waals surface area contributed by atoms with Crippen molar-refractivity contribution < 1.29 is 19.1 Å². The predicted molar refractivity (Wildman–Crippen MR) is 97.1 cm³/mol. The van der Waals surface area contributed by atoms with Gasteiger partial charge in [0.05, 0.1) is 5.56 Å². The Labute approximate surface area is 156 Å². The summed E-state index contributed by atoms with van der Waals surface area (Å²) in [6.07, 6.45) is 1.24. The monoisotopic (exact) mass is 374 g/mol. The lowest BCUT2D eigenvalue weighted by Gasteiger charge is -2.18. The van der Waals surface area contributed by atoms with Gasteiger partial charge in [0, 0.05) is 11.8 Å². The molecule has 2 amide bonds. The molecule has 1 heterocycles. The van der Waals surface area contributed by atoms with Gasteiger partial charge in [0.2, 0.25) is 0 Å². The number of aromatic nitrogens is 1. The topological polar surface area (TPSA) is 85.4 Å². The van der Waals surface area contributed by atoms with Gasteiger partial charge in [0.15, 0.2) is 6.61 Å². The number of nitrogens with zero attached hydrogens (tertiary/aromatic N) is 1. The van der Waals surface area contributed by atoms with Gasteiger partial charge in [0.1, 0.15) is 5.15 Å². The molecule has 0 saturated heterocycles. The number of hydrogen-bond acceptors (Lipinski definition) is 5. The Morgan fingerprint density at radius 2 is 1.65 bits per heavy atom. The zero-order valence-corrected chi connectivity index (χ0v) is 15.5. The van der Waals surface area contributed by atoms with Gasteiger partial charge in [-0.1, -0.05) is 44.5 Å². The van der Waals surface area contributed by atoms with Crippen LogP contribution in [0.15, 0.2) is 42.6 Å². The summed E-state index contributed by atoms with van der Waals surface area (Å²) in [5, 5.41) is 2.42. The van der Waals surface area contributed by atoms with Crippen LogP contribution in [-0.2, 0) is 14.9 Å². The van der Waals surface area contributed by atoms with Crippen LogP contribution in [0.2, 0.25) is 5.15 Å². The van der Waals surface area contributed by atoms with E-state index in [1.807, 2.05) is 12.1 Å². The van der Waals surface area contributed by atoms with E-state index in [0.29, 0.717) is 5.56 Å². The first-order valence-corrected chi connectivity index (χ1v) is 8.28. The maximum atomic E-state index is 12.1. The minimum absolute atomic E-state index is 0.0322. The molecule has 2 rings (SSSR count). The minimum atomic E-state index is -0.730. The Morgan fingerprint density at radius 1 is 1.04 bits per heavy atom. The first-order chi connectivity index (χ1) is 12.2. The second-order valence-corrected chi connectivity index (χ2v) is 7.04. The minimum Gasteiger partial charge on any atom is -0.452 e. The lowest BCUT2D eigenvalue weighted by atomic mass is 9.87. The standard InChI is InChI=1S/C19H19ClN2O4/c1-19(2,3)14-7-4-12(5-8-14)17(24)22-16(23)11-26-18(25)13-6-9-15(20)21-10-13/h4-10H,11H2,1-3H3,(H,22,23,24). The van der Waals surface area contributed by atoms with Gasteiger partial charge in [-0.2, -0.15) is 0 Å². The smallest absolute Gasteiger partial charge is 0.340 e. The number of rotatable bonds is 4. The summed E-state index contributed by atoms with van der Waals surface area (Å²) in [5.41, 5.74) is 1.55. The Balaban J connectivity index is 1.88. The van der Waals surface area contributed by atoms with Crippen LogP contribution in [0.5, 0.6) is 0 Å². The van der Waals surface area contributed by atoms with Crippen molar-refractivity contribution in [1.82, 2.24) is 10.3 Å². The first kappa shape index (κ1) is 19.6. The molecule has 1 aromatic carbocycles. The van der Waals surface area contributed by atoms with E-state index < -0.39 is 24.4 Å². The maximum Gasteiger partial charge on any atom is 0.340 e. The lowest BCUT2D eigenvalue weighted by molar-refractivity contribution is -0.123. The molecule has 1 N–H and O–H groups in total. The maximum absolute atomic E-state index is 12.1. The molecule has 0 fully saturated rings. The van der Waals surface area contributed by atoms with E-state index in [2.05, 4.69) is 31.1 Å². The van der Waals surface area contributed by atoms with Crippen LogP contribution in [0, 0.1) is 0 Å². The Morgan fingerprint density at radius 3 is 2.19 bits per heavy atom. The average Bonchev–Trinajstić information content (AvgIpc) is 2.59. The van der Waals surface area contributed by atoms with Crippen LogP contribution < -0.4 is 5.32 Å². The SMILES string of the molecule is CC(C)(C)c1ccc(C(=O)NC(=O)COC(=O)c2ccc(Cl)nc2)cc1. The molecule has 0 aliphatic rings. The quantitative estimate of drug-likeness (QED) is 0.656. The number of halogens is 1. The highest BCUT2D eigenvalue weighted by atomic mass is 35.5. The largest absolute Gasteiger partial charge is 0.452 e. The Bertz CT molecular complexity index is 809. The molecule has 0 atom stereocenters. The van der Waals surface area contributed by atoms with Crippen molar-refractivity contribution in [1.29, 1.82) is 0 Å². The summed E-state index contributed by atoms with van der Waals surface area (Å²) < 4.78 is 4.84. The van der Waals surface area contributed by atoms with Gasteiger partial charge >= 0.3 is 5.97 Å². The molecule has 0 saturated carbocycles. The number of amides is 2. The highest BCUT2D eigenvalue weighted by Gasteiger charge is 2.16. The molecule has 0 bridgehead atoms. The van der Waals surface area contributed by atoms with Crippen LogP contribution in [0.25, 0.3) is 0 Å². The van der Waals surface area contributed by atoms with E-state index in [1.165, 1.54) is 18.3 Å². The van der Waals surface area contributed by atoms with Crippen molar-refractivity contribution in [3.8, 4) is 0 Å². The molecule has 0 aliphatic carbocycles. The van der Waals surface area contributed by atoms with E-state index in [4.69, 9.17) is 16.3 Å². The first-order valence-electron chi connectivity index (χ1n) is 7.90. The third kappa shape index (κ3) is 5.39. The zero-order chi connectivity index (χ0) is 19.3. The fourth-order valence-electron chi connectivity index (χ4n) is 2.07. The Kier molecular flexibility index (Phi) is 6.10. The number of hydrogen-bond donors (Lipinski definition) is 1. The molecule has 6 nitrogen and oxygen atoms in total. The summed E-state index contributed by atoms with van der Waals surface area (Å²) in [5.74, 6) is -2.00. The summed E-state index contributed by atoms with van der Waals surface area (Å²) in [6.45, 7) is 5.62. The molecule has 0 aliphatic heterocycles. The number of carbonyl (C=O) groups excluding carboxylic acids is 3. The second kappa shape index (κ2) is 8.10. The molecular formula is C19H19ClN2O4. The zero-order valence-electron chi connectivity index (χ0n) is 14.7. The summed E-state index contributed by atoms with van der Waals surface area (Å²) in [4.78, 5) is 39.4. The van der Waals surface area contributed by atoms with E-state index in [1.54, 1.807) is 12.1 Å². The highest BCUT2D eigenvalue weighted by molar-refractivity contribution is 6.29. The number of carbonyl (C=O) groups is 3. The van der Waals surface area contributed by atoms with Crippen LogP contribution >= 0.6 is 11.6 Å². The van der Waals surface area contributed by atoms with Gasteiger partial charge in [-0.25, -0.2) is 9.78 Å². The van der Waals surface area contributed by atoms with E-state index in [-0.39, 0.29) is 16.1 Å². The van der Waals surface area contributed by atoms with Crippen molar-refractivity contribution >= 4 is 29.4 Å². The Hall–Kier alpha value is -2.73. The van der Waals surface area contributed by atoms with E-state index in [0.717, 1.165) is 5.56 Å². The van der Waals surface area contributed by atoms with E-state index >= 15 is 0 Å². The number of nitrogens with one attached hydrogen (secondary N) is 1. The van der Waals surface area contributed by atoms with Gasteiger partial charge in [0.25, 0.3) is 11.8 Å². The lowest BCUT2D eigenvalue weighted by Crippen LogP contribution is -2.34. The van der Waals surface area contributed by atoms with Crippen molar-refractivity contribution in [2.75, 3.05) is 6.61 Å². The van der Waals surface area contributed by atoms with Gasteiger partial charge < -0.3 is 4.74 Å². The number of benzene rings is 1. The van der Waals surface area contributed by atoms with Crippen molar-refractivity contribution in [2.45, 2.75) is 26.2 Å². The molecular weight excluding hydrogens is 356 g/mol. The molecule has 2 aromatic rings. The van der Waals surface area contributed by atoms with Crippen LogP contribution in [-0.4, -0.2) is 29.4 Å². The van der Waals surface area contributed by atoms with Gasteiger partial charge in [-0.15, -0.1) is 0 Å². The normalized spacial score (nSPS) is 10.9. The van der Waals surface area contributed by atoms with E-state index in [9.17, 15) is 14.4 Å². The molecule has 136 valence electrons. The van der Waals surface area contributed by atoms with Gasteiger partial charge in [-0.05, 0) is 35.2 Å². The summed E-state index contributed by atoms with van der Waals surface area (Å²) in [7, 11) is 0. The molecule has 0 radical (unpaired) electrons. The van der Waals surface area contributed by atoms with Crippen LogP contribution in [0.4, 0.5) is 0 Å². The third-order valence-electron chi connectivity index (χ3n) is 3.56. The molecule has 7 heteroatoms. The van der Waals surface area contributed by atoms with Crippen molar-refractivity contribution in [3.05, 3.63) is 64.4 Å². The molecule has 0 spiro atoms. The van der Waals surface area contributed by atoms with Crippen LogP contribution in [0.1, 0.15) is 47.1 Å². The van der Waals surface area contributed by atoms with Crippen molar-refractivity contribution in [3.63, 3.8) is 0 Å². The number of imide groups is 1. The highest BCUT2D eigenvalue weighted by Crippen LogP contribution is 2.22. The fraction of sp³-hybridized carbons (Fsp3) is 0.263. The molecule has 26 heavy (non-hydrogen) atoms. The predicted octanol–water partition coefficient (Wildman–Crippen LogP) is 3.15. The number of pyridine rings is 1. The van der Waals surface area contributed by atoms with Crippen LogP contribution in [0.3, 0.4) is 0 Å². The summed E-state index contributed by atoms with van der Waals surface area (Å²) in [6, 6.07) is 9.84. The van der Waals surface area contributed by atoms with Gasteiger partial charge in [-0.3, -0.25) is 14.9 Å². The molecule has 0 unspecified atom stereocenters. The van der Waals surface area contributed by atoms with Crippen molar-refractivity contribution in [2.24, 2.45) is 0 Å². The fourth-order valence-corrected chi connectivity index (χ4v) is 2.18. The average molecular weight is 375 g/mol. The molecule has 1 aromatic heterocycles.